The van der Waals surface area contributed by atoms with Crippen molar-refractivity contribution in [1.82, 2.24) is 14.9 Å². The van der Waals surface area contributed by atoms with E-state index >= 15 is 0 Å². The van der Waals surface area contributed by atoms with Gasteiger partial charge in [0.2, 0.25) is 15.9 Å². The van der Waals surface area contributed by atoms with Gasteiger partial charge in [-0.05, 0) is 48.5 Å². The second-order valence-corrected chi connectivity index (χ2v) is 10.2. The van der Waals surface area contributed by atoms with Gasteiger partial charge >= 0.3 is 0 Å². The van der Waals surface area contributed by atoms with E-state index in [9.17, 15) is 22.8 Å². The highest BCUT2D eigenvalue weighted by Gasteiger charge is 2.26. The lowest BCUT2D eigenvalue weighted by Gasteiger charge is -2.26. The summed E-state index contributed by atoms with van der Waals surface area (Å²) < 4.78 is 31.9. The van der Waals surface area contributed by atoms with Crippen LogP contribution in [-0.4, -0.2) is 69.8 Å². The summed E-state index contributed by atoms with van der Waals surface area (Å²) in [6.45, 7) is 5.31. The van der Waals surface area contributed by atoms with Gasteiger partial charge in [0.05, 0.1) is 18.1 Å². The maximum Gasteiger partial charge on any atom is 0.251 e. The standard InChI is InChI=1S/C24H30N4O6S/c1-17(2)22(29)27-20-7-3-18(4-8-20)23(30)25-11-12-26-24(31)19-5-9-21(10-6-19)35(32,33)28-13-15-34-16-14-28/h3-10,17H,11-16H2,1-2H3,(H,25,30)(H,26,31)(H,27,29). The van der Waals surface area contributed by atoms with E-state index in [2.05, 4.69) is 16.0 Å². The molecule has 0 bridgehead atoms. The lowest BCUT2D eigenvalue weighted by molar-refractivity contribution is -0.118. The van der Waals surface area contributed by atoms with Gasteiger partial charge in [-0.25, -0.2) is 8.42 Å². The second kappa shape index (κ2) is 11.9. The molecule has 3 rings (SSSR count). The van der Waals surface area contributed by atoms with Gasteiger partial charge < -0.3 is 20.7 Å². The van der Waals surface area contributed by atoms with Crippen LogP contribution in [0.3, 0.4) is 0 Å². The number of morpholine rings is 1. The minimum Gasteiger partial charge on any atom is -0.379 e. The van der Waals surface area contributed by atoms with Crippen LogP contribution >= 0.6 is 0 Å². The number of carbonyl (C=O) groups is 3. The van der Waals surface area contributed by atoms with E-state index in [0.29, 0.717) is 43.1 Å². The number of hydrogen-bond acceptors (Lipinski definition) is 6. The van der Waals surface area contributed by atoms with Crippen LogP contribution in [-0.2, 0) is 19.6 Å². The average Bonchev–Trinajstić information content (AvgIpc) is 2.87. The molecule has 11 heteroatoms. The Morgan fingerprint density at radius 2 is 1.34 bits per heavy atom. The van der Waals surface area contributed by atoms with E-state index in [0.717, 1.165) is 0 Å². The fraction of sp³-hybridized carbons (Fsp3) is 0.375. The van der Waals surface area contributed by atoms with Crippen molar-refractivity contribution in [2.75, 3.05) is 44.7 Å². The zero-order chi connectivity index (χ0) is 25.4. The number of anilines is 1. The molecule has 35 heavy (non-hydrogen) atoms. The third kappa shape index (κ3) is 7.10. The maximum absolute atomic E-state index is 12.7. The molecule has 188 valence electrons. The van der Waals surface area contributed by atoms with Crippen molar-refractivity contribution in [2.45, 2.75) is 18.7 Å². The molecule has 0 unspecified atom stereocenters. The number of ether oxygens (including phenoxy) is 1. The topological polar surface area (TPSA) is 134 Å². The molecule has 0 aromatic heterocycles. The number of amides is 3. The van der Waals surface area contributed by atoms with E-state index in [1.165, 1.54) is 28.6 Å². The van der Waals surface area contributed by atoms with Crippen LogP contribution in [0, 0.1) is 5.92 Å². The van der Waals surface area contributed by atoms with Crippen LogP contribution in [0.4, 0.5) is 5.69 Å². The maximum atomic E-state index is 12.7. The fourth-order valence-corrected chi connectivity index (χ4v) is 4.67. The Hall–Kier alpha value is -3.28. The molecule has 3 N–H and O–H groups in total. The van der Waals surface area contributed by atoms with Crippen molar-refractivity contribution < 1.29 is 27.5 Å². The van der Waals surface area contributed by atoms with Crippen LogP contribution in [0.5, 0.6) is 0 Å². The zero-order valence-corrected chi connectivity index (χ0v) is 20.6. The highest BCUT2D eigenvalue weighted by Crippen LogP contribution is 2.17. The van der Waals surface area contributed by atoms with Crippen molar-refractivity contribution in [3.05, 3.63) is 59.7 Å². The smallest absolute Gasteiger partial charge is 0.251 e. The van der Waals surface area contributed by atoms with Crippen molar-refractivity contribution in [1.29, 1.82) is 0 Å². The van der Waals surface area contributed by atoms with Crippen LogP contribution < -0.4 is 16.0 Å². The summed E-state index contributed by atoms with van der Waals surface area (Å²) in [4.78, 5) is 36.5. The van der Waals surface area contributed by atoms with Gasteiger partial charge in [0.15, 0.2) is 0 Å². The van der Waals surface area contributed by atoms with Crippen molar-refractivity contribution in [3.8, 4) is 0 Å². The van der Waals surface area contributed by atoms with E-state index in [1.807, 2.05) is 0 Å². The highest BCUT2D eigenvalue weighted by molar-refractivity contribution is 7.89. The Balaban J connectivity index is 1.44. The number of carbonyl (C=O) groups excluding carboxylic acids is 3. The van der Waals surface area contributed by atoms with E-state index < -0.39 is 10.0 Å². The third-order valence-electron chi connectivity index (χ3n) is 5.36. The summed E-state index contributed by atoms with van der Waals surface area (Å²) >= 11 is 0. The molecule has 0 radical (unpaired) electrons. The van der Waals surface area contributed by atoms with Gasteiger partial charge in [0.1, 0.15) is 0 Å². The lowest BCUT2D eigenvalue weighted by atomic mass is 10.1. The summed E-state index contributed by atoms with van der Waals surface area (Å²) in [5.41, 5.74) is 1.35. The molecule has 2 aromatic rings. The largest absolute Gasteiger partial charge is 0.379 e. The fourth-order valence-electron chi connectivity index (χ4n) is 3.26. The number of hydrogen-bond donors (Lipinski definition) is 3. The second-order valence-electron chi connectivity index (χ2n) is 8.27. The number of benzene rings is 2. The van der Waals surface area contributed by atoms with Crippen molar-refractivity contribution in [2.24, 2.45) is 5.92 Å². The predicted molar refractivity (Wildman–Crippen MR) is 131 cm³/mol. The molecule has 1 fully saturated rings. The molecule has 0 atom stereocenters. The first-order valence-electron chi connectivity index (χ1n) is 11.3. The first kappa shape index (κ1) is 26.3. The summed E-state index contributed by atoms with van der Waals surface area (Å²) in [7, 11) is -3.62. The monoisotopic (exact) mass is 502 g/mol. The molecule has 1 heterocycles. The molecular weight excluding hydrogens is 472 g/mol. The Bertz CT molecular complexity index is 1140. The van der Waals surface area contributed by atoms with Crippen LogP contribution in [0.2, 0.25) is 0 Å². The zero-order valence-electron chi connectivity index (χ0n) is 19.7. The van der Waals surface area contributed by atoms with E-state index in [4.69, 9.17) is 4.74 Å². The Kier molecular flexibility index (Phi) is 8.96. The van der Waals surface area contributed by atoms with Gasteiger partial charge in [-0.3, -0.25) is 14.4 Å². The number of rotatable bonds is 9. The van der Waals surface area contributed by atoms with Crippen molar-refractivity contribution in [3.63, 3.8) is 0 Å². The molecular formula is C24H30N4O6S. The highest BCUT2D eigenvalue weighted by atomic mass is 32.2. The quantitative estimate of drug-likeness (QED) is 0.445. The minimum absolute atomic E-state index is 0.105. The first-order chi connectivity index (χ1) is 16.7. The Labute approximate surface area is 205 Å². The summed E-state index contributed by atoms with van der Waals surface area (Å²) in [6, 6.07) is 12.3. The molecule has 2 aromatic carbocycles. The van der Waals surface area contributed by atoms with Gasteiger partial charge in [0.25, 0.3) is 11.8 Å². The average molecular weight is 503 g/mol. The molecule has 0 spiro atoms. The lowest BCUT2D eigenvalue weighted by Crippen LogP contribution is -2.40. The Morgan fingerprint density at radius 3 is 1.83 bits per heavy atom. The summed E-state index contributed by atoms with van der Waals surface area (Å²) in [5.74, 6) is -0.931. The number of nitrogens with zero attached hydrogens (tertiary/aromatic N) is 1. The van der Waals surface area contributed by atoms with Gasteiger partial charge in [-0.1, -0.05) is 13.8 Å². The minimum atomic E-state index is -3.62. The summed E-state index contributed by atoms with van der Waals surface area (Å²) in [6.07, 6.45) is 0. The third-order valence-corrected chi connectivity index (χ3v) is 7.27. The van der Waals surface area contributed by atoms with Gasteiger partial charge in [-0.2, -0.15) is 4.31 Å². The molecule has 0 aliphatic carbocycles. The van der Waals surface area contributed by atoms with Gasteiger partial charge in [0, 0.05) is 48.9 Å². The molecule has 1 aliphatic heterocycles. The van der Waals surface area contributed by atoms with E-state index in [-0.39, 0.29) is 41.6 Å². The molecule has 1 saturated heterocycles. The SMILES string of the molecule is CC(C)C(=O)Nc1ccc(C(=O)NCCNC(=O)c2ccc(S(=O)(=O)N3CCOCC3)cc2)cc1. The number of nitrogens with one attached hydrogen (secondary N) is 3. The molecule has 0 saturated carbocycles. The molecule has 10 nitrogen and oxygen atoms in total. The first-order valence-corrected chi connectivity index (χ1v) is 12.8. The number of sulfonamides is 1. The van der Waals surface area contributed by atoms with Crippen molar-refractivity contribution >= 4 is 33.4 Å². The summed E-state index contributed by atoms with van der Waals surface area (Å²) in [5, 5.41) is 8.16. The molecule has 1 aliphatic rings. The molecule has 3 amide bonds. The predicted octanol–water partition coefficient (Wildman–Crippen LogP) is 1.46. The van der Waals surface area contributed by atoms with Crippen LogP contribution in [0.15, 0.2) is 53.4 Å². The Morgan fingerprint density at radius 1 is 0.857 bits per heavy atom. The van der Waals surface area contributed by atoms with Crippen LogP contribution in [0.25, 0.3) is 0 Å². The van der Waals surface area contributed by atoms with E-state index in [1.54, 1.807) is 38.1 Å². The van der Waals surface area contributed by atoms with Crippen LogP contribution in [0.1, 0.15) is 34.6 Å². The van der Waals surface area contributed by atoms with Gasteiger partial charge in [-0.15, -0.1) is 0 Å². The normalized spacial score (nSPS) is 14.4.